The Hall–Kier alpha value is -1.35. The number of nitrogens with zero attached hydrogens (tertiary/aromatic N) is 2. The van der Waals surface area contributed by atoms with Gasteiger partial charge in [-0.3, -0.25) is 14.2 Å². The van der Waals surface area contributed by atoms with Gasteiger partial charge in [0.1, 0.15) is 0 Å². The Morgan fingerprint density at radius 1 is 1.29 bits per heavy atom. The smallest absolute Gasteiger partial charge is 0.261 e. The number of hydrogen-bond donors (Lipinski definition) is 2. The zero-order chi connectivity index (χ0) is 18.2. The Morgan fingerprint density at radius 2 is 1.88 bits per heavy atom. The molecule has 0 atom stereocenters. The third kappa shape index (κ3) is 9.71. The quantitative estimate of drug-likeness (QED) is 0.764. The minimum Gasteiger partial charge on any atom is -0.369 e. The van der Waals surface area contributed by atoms with Gasteiger partial charge in [-0.15, -0.1) is 0 Å². The van der Waals surface area contributed by atoms with E-state index in [1.807, 2.05) is 18.2 Å². The topological polar surface area (TPSA) is 90.0 Å². The van der Waals surface area contributed by atoms with E-state index in [1.165, 1.54) is 5.69 Å². The highest BCUT2D eigenvalue weighted by molar-refractivity contribution is 7.85. The summed E-state index contributed by atoms with van der Waals surface area (Å²) in [7, 11) is -3.67. The van der Waals surface area contributed by atoms with E-state index in [2.05, 4.69) is 21.2 Å². The molecular formula is C15H24ClN3O4S. The molecule has 0 saturated carbocycles. The molecule has 1 saturated heterocycles. The third-order valence-electron chi connectivity index (χ3n) is 3.35. The average Bonchev–Trinajstić information content (AvgIpc) is 2.46. The number of nitrogens with one attached hydrogen (secondary N) is 1. The summed E-state index contributed by atoms with van der Waals surface area (Å²) in [5.41, 5.74) is 1.19. The molecule has 1 fully saturated rings. The monoisotopic (exact) mass is 377 g/mol. The lowest BCUT2D eigenvalue weighted by Crippen LogP contribution is -2.48. The van der Waals surface area contributed by atoms with Gasteiger partial charge in [-0.25, -0.2) is 0 Å². The van der Waals surface area contributed by atoms with E-state index in [4.69, 9.17) is 16.2 Å². The van der Waals surface area contributed by atoms with Crippen molar-refractivity contribution in [3.8, 4) is 0 Å². The molecule has 1 amide bonds. The molecule has 0 unspecified atom stereocenters. The molecule has 0 aliphatic carbocycles. The Morgan fingerprint density at radius 3 is 2.38 bits per heavy atom. The second-order valence-electron chi connectivity index (χ2n) is 5.52. The number of rotatable bonds is 4. The van der Waals surface area contributed by atoms with Crippen molar-refractivity contribution >= 4 is 33.3 Å². The largest absolute Gasteiger partial charge is 0.369 e. The minimum absolute atomic E-state index is 0.0394. The van der Waals surface area contributed by atoms with Crippen molar-refractivity contribution < 1.29 is 17.8 Å². The van der Waals surface area contributed by atoms with Crippen LogP contribution in [0.15, 0.2) is 24.3 Å². The number of carbonyl (C=O) groups is 1. The SMILES string of the molecule is CC(=O)NCCN1CCN(c2cccc(Cl)c2)CC1.CS(=O)(=O)O. The Labute approximate surface area is 148 Å². The fourth-order valence-corrected chi connectivity index (χ4v) is 2.48. The summed E-state index contributed by atoms with van der Waals surface area (Å²) in [6.07, 6.45) is 0.715. The number of anilines is 1. The lowest BCUT2D eigenvalue weighted by Gasteiger charge is -2.36. The van der Waals surface area contributed by atoms with E-state index in [0.29, 0.717) is 6.26 Å². The number of hydrogen-bond acceptors (Lipinski definition) is 5. The molecule has 9 heteroatoms. The number of carbonyl (C=O) groups excluding carboxylic acids is 1. The number of benzene rings is 1. The predicted octanol–water partition coefficient (Wildman–Crippen LogP) is 1.10. The molecule has 1 aromatic rings. The molecule has 2 rings (SSSR count). The van der Waals surface area contributed by atoms with Gasteiger partial charge in [0.15, 0.2) is 0 Å². The first-order valence-corrected chi connectivity index (χ1v) is 9.77. The fourth-order valence-electron chi connectivity index (χ4n) is 2.29. The van der Waals surface area contributed by atoms with Crippen LogP contribution in [0.5, 0.6) is 0 Å². The molecule has 24 heavy (non-hydrogen) atoms. The molecule has 7 nitrogen and oxygen atoms in total. The summed E-state index contributed by atoms with van der Waals surface area (Å²) < 4.78 is 25.9. The van der Waals surface area contributed by atoms with Crippen LogP contribution in [-0.4, -0.2) is 69.3 Å². The lowest BCUT2D eigenvalue weighted by molar-refractivity contribution is -0.119. The number of piperazine rings is 1. The van der Waals surface area contributed by atoms with Crippen molar-refractivity contribution in [1.29, 1.82) is 0 Å². The fraction of sp³-hybridized carbons (Fsp3) is 0.533. The first-order valence-electron chi connectivity index (χ1n) is 7.55. The summed E-state index contributed by atoms with van der Waals surface area (Å²) in [4.78, 5) is 15.5. The average molecular weight is 378 g/mol. The maximum atomic E-state index is 10.8. The Kier molecular flexibility index (Phi) is 8.47. The zero-order valence-corrected chi connectivity index (χ0v) is 15.5. The van der Waals surface area contributed by atoms with E-state index in [0.717, 1.165) is 44.3 Å². The summed E-state index contributed by atoms with van der Waals surface area (Å²) in [5.74, 6) is 0.0394. The van der Waals surface area contributed by atoms with Gasteiger partial charge in [-0.2, -0.15) is 8.42 Å². The zero-order valence-electron chi connectivity index (χ0n) is 13.9. The highest BCUT2D eigenvalue weighted by Gasteiger charge is 2.16. The molecule has 0 spiro atoms. The van der Waals surface area contributed by atoms with E-state index in [9.17, 15) is 13.2 Å². The van der Waals surface area contributed by atoms with Crippen LogP contribution in [0.2, 0.25) is 5.02 Å². The predicted molar refractivity (Wildman–Crippen MR) is 96.3 cm³/mol. The van der Waals surface area contributed by atoms with Gasteiger partial charge in [0.25, 0.3) is 10.1 Å². The van der Waals surface area contributed by atoms with E-state index in [1.54, 1.807) is 6.92 Å². The second kappa shape index (κ2) is 9.83. The van der Waals surface area contributed by atoms with Crippen molar-refractivity contribution in [2.75, 3.05) is 50.4 Å². The third-order valence-corrected chi connectivity index (χ3v) is 3.58. The van der Waals surface area contributed by atoms with Gasteiger partial charge in [-0.05, 0) is 18.2 Å². The highest BCUT2D eigenvalue weighted by Crippen LogP contribution is 2.20. The molecule has 0 bridgehead atoms. The van der Waals surface area contributed by atoms with Crippen molar-refractivity contribution in [2.24, 2.45) is 0 Å². The van der Waals surface area contributed by atoms with Crippen LogP contribution in [-0.2, 0) is 14.9 Å². The Balaban J connectivity index is 0.000000505. The van der Waals surface area contributed by atoms with Crippen LogP contribution in [0.3, 0.4) is 0 Å². The van der Waals surface area contributed by atoms with Crippen molar-refractivity contribution in [3.63, 3.8) is 0 Å². The van der Waals surface area contributed by atoms with Gasteiger partial charge < -0.3 is 10.2 Å². The van der Waals surface area contributed by atoms with Crippen LogP contribution in [0.25, 0.3) is 0 Å². The molecule has 1 heterocycles. The first-order chi connectivity index (χ1) is 11.1. The lowest BCUT2D eigenvalue weighted by atomic mass is 10.2. The molecule has 1 aliphatic heterocycles. The number of halogens is 1. The maximum Gasteiger partial charge on any atom is 0.261 e. The van der Waals surface area contributed by atoms with Crippen LogP contribution >= 0.6 is 11.6 Å². The van der Waals surface area contributed by atoms with Crippen LogP contribution < -0.4 is 10.2 Å². The van der Waals surface area contributed by atoms with Crippen LogP contribution in [0.4, 0.5) is 5.69 Å². The Bertz CT molecular complexity index is 623. The molecule has 1 aliphatic rings. The molecule has 1 aromatic carbocycles. The van der Waals surface area contributed by atoms with Crippen molar-refractivity contribution in [3.05, 3.63) is 29.3 Å². The van der Waals surface area contributed by atoms with Crippen LogP contribution in [0, 0.1) is 0 Å². The highest BCUT2D eigenvalue weighted by atomic mass is 35.5. The summed E-state index contributed by atoms with van der Waals surface area (Å²) >= 11 is 6.01. The van der Waals surface area contributed by atoms with Gasteiger partial charge in [0.2, 0.25) is 5.91 Å². The van der Waals surface area contributed by atoms with Crippen molar-refractivity contribution in [1.82, 2.24) is 10.2 Å². The second-order valence-corrected chi connectivity index (χ2v) is 7.43. The molecule has 2 N–H and O–H groups in total. The molecule has 0 radical (unpaired) electrons. The van der Waals surface area contributed by atoms with Gasteiger partial charge in [0.05, 0.1) is 6.26 Å². The summed E-state index contributed by atoms with van der Waals surface area (Å²) in [5, 5.41) is 3.61. The minimum atomic E-state index is -3.67. The molecule has 0 aromatic heterocycles. The first kappa shape index (κ1) is 20.7. The van der Waals surface area contributed by atoms with Gasteiger partial charge in [0, 0.05) is 56.9 Å². The van der Waals surface area contributed by atoms with E-state index < -0.39 is 10.1 Å². The molecule has 136 valence electrons. The molecular weight excluding hydrogens is 354 g/mol. The normalized spacial score (nSPS) is 15.4. The van der Waals surface area contributed by atoms with Crippen LogP contribution in [0.1, 0.15) is 6.92 Å². The van der Waals surface area contributed by atoms with E-state index in [-0.39, 0.29) is 5.91 Å². The summed E-state index contributed by atoms with van der Waals surface area (Å²) in [6, 6.07) is 7.99. The summed E-state index contributed by atoms with van der Waals surface area (Å²) in [6.45, 7) is 7.24. The van der Waals surface area contributed by atoms with Crippen molar-refractivity contribution in [2.45, 2.75) is 6.92 Å². The standard InChI is InChI=1S/C14H20ClN3O.CH4O3S/c1-12(19)16-5-6-17-7-9-18(10-8-17)14-4-2-3-13(15)11-14;1-5(2,3)4/h2-4,11H,5-10H2,1H3,(H,16,19);1H3,(H,2,3,4). The van der Waals surface area contributed by atoms with Gasteiger partial charge in [-0.1, -0.05) is 17.7 Å². The maximum absolute atomic E-state index is 10.8. The van der Waals surface area contributed by atoms with E-state index >= 15 is 0 Å². The number of amides is 1. The van der Waals surface area contributed by atoms with Gasteiger partial charge >= 0.3 is 0 Å².